The van der Waals surface area contributed by atoms with Gasteiger partial charge in [0.15, 0.2) is 11.5 Å². The van der Waals surface area contributed by atoms with Crippen molar-refractivity contribution in [2.45, 2.75) is 26.3 Å². The first-order valence-electron chi connectivity index (χ1n) is 6.62. The standard InChI is InChI=1S/C15H17NO4S/c1-4-9(2)16-14(18)12(21-15(16)19)8-10-6-5-7-11(20-3)13(10)17/h5-9,17H,4H2,1-3H3/b12-8+/t9-/m0/s1. The van der Waals surface area contributed by atoms with E-state index in [1.54, 1.807) is 18.2 Å². The number of hydrogen-bond donors (Lipinski definition) is 1. The minimum atomic E-state index is -0.318. The summed E-state index contributed by atoms with van der Waals surface area (Å²) in [5, 5.41) is 9.76. The van der Waals surface area contributed by atoms with E-state index in [2.05, 4.69) is 0 Å². The number of para-hydroxylation sites is 1. The number of ether oxygens (including phenoxy) is 1. The quantitative estimate of drug-likeness (QED) is 0.865. The van der Waals surface area contributed by atoms with E-state index in [1.165, 1.54) is 18.1 Å². The Bertz CT molecular complexity index is 612. The summed E-state index contributed by atoms with van der Waals surface area (Å²) in [6.45, 7) is 3.76. The first-order valence-corrected chi connectivity index (χ1v) is 7.44. The Morgan fingerprint density at radius 3 is 2.76 bits per heavy atom. The number of rotatable bonds is 4. The fourth-order valence-electron chi connectivity index (χ4n) is 2.00. The van der Waals surface area contributed by atoms with E-state index in [0.29, 0.717) is 22.6 Å². The average molecular weight is 307 g/mol. The number of imide groups is 1. The number of nitrogens with zero attached hydrogens (tertiary/aromatic N) is 1. The molecule has 0 bridgehead atoms. The van der Waals surface area contributed by atoms with Gasteiger partial charge in [-0.05, 0) is 37.2 Å². The maximum atomic E-state index is 12.3. The van der Waals surface area contributed by atoms with Crippen molar-refractivity contribution in [1.29, 1.82) is 0 Å². The molecule has 2 rings (SSSR count). The van der Waals surface area contributed by atoms with Gasteiger partial charge in [0.05, 0.1) is 12.0 Å². The summed E-state index contributed by atoms with van der Waals surface area (Å²) in [5.41, 5.74) is 0.448. The molecule has 0 spiro atoms. The molecule has 0 unspecified atom stereocenters. The van der Waals surface area contributed by atoms with Crippen LogP contribution in [0.1, 0.15) is 25.8 Å². The number of methoxy groups -OCH3 is 1. The van der Waals surface area contributed by atoms with Crippen LogP contribution in [-0.4, -0.2) is 34.3 Å². The number of phenolic OH excluding ortho intramolecular Hbond substituents is 1. The molecule has 6 heteroatoms. The zero-order chi connectivity index (χ0) is 15.6. The lowest BCUT2D eigenvalue weighted by Gasteiger charge is -2.19. The van der Waals surface area contributed by atoms with Gasteiger partial charge in [-0.3, -0.25) is 14.5 Å². The van der Waals surface area contributed by atoms with Crippen molar-refractivity contribution in [1.82, 2.24) is 4.90 Å². The topological polar surface area (TPSA) is 66.8 Å². The highest BCUT2D eigenvalue weighted by Crippen LogP contribution is 2.37. The van der Waals surface area contributed by atoms with E-state index in [4.69, 9.17) is 4.74 Å². The van der Waals surface area contributed by atoms with E-state index < -0.39 is 0 Å². The molecule has 0 radical (unpaired) electrons. The predicted octanol–water partition coefficient (Wildman–Crippen LogP) is 3.24. The lowest BCUT2D eigenvalue weighted by atomic mass is 10.1. The van der Waals surface area contributed by atoms with Crippen molar-refractivity contribution in [3.8, 4) is 11.5 Å². The van der Waals surface area contributed by atoms with Crippen molar-refractivity contribution in [3.05, 3.63) is 28.7 Å². The van der Waals surface area contributed by atoms with E-state index in [1.807, 2.05) is 13.8 Å². The van der Waals surface area contributed by atoms with Crippen LogP contribution in [0, 0.1) is 0 Å². The van der Waals surface area contributed by atoms with E-state index in [9.17, 15) is 14.7 Å². The molecule has 1 saturated heterocycles. The fourth-order valence-corrected chi connectivity index (χ4v) is 2.93. The van der Waals surface area contributed by atoms with Gasteiger partial charge in [0, 0.05) is 11.6 Å². The van der Waals surface area contributed by atoms with Crippen LogP contribution in [0.15, 0.2) is 23.1 Å². The fraction of sp³-hybridized carbons (Fsp3) is 0.333. The van der Waals surface area contributed by atoms with Crippen LogP contribution < -0.4 is 4.74 Å². The molecule has 1 heterocycles. The summed E-state index contributed by atoms with van der Waals surface area (Å²) in [6, 6.07) is 4.86. The number of phenols is 1. The third-order valence-electron chi connectivity index (χ3n) is 3.39. The van der Waals surface area contributed by atoms with Gasteiger partial charge in [0.25, 0.3) is 11.1 Å². The number of carbonyl (C=O) groups is 2. The maximum absolute atomic E-state index is 12.3. The van der Waals surface area contributed by atoms with Gasteiger partial charge in [-0.1, -0.05) is 19.1 Å². The Kier molecular flexibility index (Phi) is 4.57. The van der Waals surface area contributed by atoms with Gasteiger partial charge in [0.2, 0.25) is 0 Å². The zero-order valence-electron chi connectivity index (χ0n) is 12.1. The van der Waals surface area contributed by atoms with Crippen LogP contribution in [0.4, 0.5) is 4.79 Å². The molecule has 1 atom stereocenters. The summed E-state index contributed by atoms with van der Waals surface area (Å²) in [5.74, 6) is -0.0400. The highest BCUT2D eigenvalue weighted by molar-refractivity contribution is 8.18. The molecule has 1 aromatic rings. The number of hydrogen-bond acceptors (Lipinski definition) is 5. The smallest absolute Gasteiger partial charge is 0.293 e. The molecule has 1 N–H and O–H groups in total. The van der Waals surface area contributed by atoms with E-state index >= 15 is 0 Å². The van der Waals surface area contributed by atoms with Gasteiger partial charge >= 0.3 is 0 Å². The molecule has 1 fully saturated rings. The molecule has 1 aromatic carbocycles. The highest BCUT2D eigenvalue weighted by Gasteiger charge is 2.37. The van der Waals surface area contributed by atoms with Crippen LogP contribution in [0.5, 0.6) is 11.5 Å². The van der Waals surface area contributed by atoms with Gasteiger partial charge in [0.1, 0.15) is 0 Å². The van der Waals surface area contributed by atoms with E-state index in [0.717, 1.165) is 11.8 Å². The van der Waals surface area contributed by atoms with Crippen molar-refractivity contribution in [3.63, 3.8) is 0 Å². The second-order valence-corrected chi connectivity index (χ2v) is 5.70. The lowest BCUT2D eigenvalue weighted by Crippen LogP contribution is -2.36. The van der Waals surface area contributed by atoms with Crippen LogP contribution in [0.2, 0.25) is 0 Å². The summed E-state index contributed by atoms with van der Waals surface area (Å²) >= 11 is 0.889. The second-order valence-electron chi connectivity index (χ2n) is 4.71. The number of carbonyl (C=O) groups excluding carboxylic acids is 2. The van der Waals surface area contributed by atoms with Crippen molar-refractivity contribution in [2.75, 3.05) is 7.11 Å². The molecule has 21 heavy (non-hydrogen) atoms. The third kappa shape index (κ3) is 2.90. The molecule has 0 saturated carbocycles. The van der Waals surface area contributed by atoms with Crippen molar-refractivity contribution in [2.24, 2.45) is 0 Å². The molecule has 0 aliphatic carbocycles. The number of thioether (sulfide) groups is 1. The zero-order valence-corrected chi connectivity index (χ0v) is 12.9. The largest absolute Gasteiger partial charge is 0.504 e. The normalized spacial score (nSPS) is 18.4. The van der Waals surface area contributed by atoms with Gasteiger partial charge in [-0.2, -0.15) is 0 Å². The Labute approximate surface area is 127 Å². The van der Waals surface area contributed by atoms with Crippen LogP contribution in [0.25, 0.3) is 6.08 Å². The molecule has 112 valence electrons. The minimum Gasteiger partial charge on any atom is -0.504 e. The third-order valence-corrected chi connectivity index (χ3v) is 4.28. The van der Waals surface area contributed by atoms with Gasteiger partial charge < -0.3 is 9.84 Å². The highest BCUT2D eigenvalue weighted by atomic mass is 32.2. The molecule has 0 aromatic heterocycles. The Morgan fingerprint density at radius 2 is 2.14 bits per heavy atom. The Morgan fingerprint density at radius 1 is 1.43 bits per heavy atom. The molecule has 2 amide bonds. The molecule has 1 aliphatic rings. The second kappa shape index (κ2) is 6.22. The molecule has 1 aliphatic heterocycles. The van der Waals surface area contributed by atoms with Crippen LogP contribution in [-0.2, 0) is 4.79 Å². The summed E-state index contributed by atoms with van der Waals surface area (Å²) in [4.78, 5) is 25.8. The predicted molar refractivity (Wildman–Crippen MR) is 82.2 cm³/mol. The monoisotopic (exact) mass is 307 g/mol. The Balaban J connectivity index is 2.35. The van der Waals surface area contributed by atoms with Gasteiger partial charge in [-0.15, -0.1) is 0 Å². The number of benzene rings is 1. The maximum Gasteiger partial charge on any atom is 0.293 e. The van der Waals surface area contributed by atoms with E-state index in [-0.39, 0.29) is 22.9 Å². The van der Waals surface area contributed by atoms with Crippen molar-refractivity contribution < 1.29 is 19.4 Å². The first kappa shape index (κ1) is 15.4. The van der Waals surface area contributed by atoms with Crippen LogP contribution >= 0.6 is 11.8 Å². The SMILES string of the molecule is CC[C@H](C)N1C(=O)S/C(=C/c2cccc(OC)c2O)C1=O. The van der Waals surface area contributed by atoms with Gasteiger partial charge in [-0.25, -0.2) is 0 Å². The first-order chi connectivity index (χ1) is 9.99. The lowest BCUT2D eigenvalue weighted by molar-refractivity contribution is -0.124. The summed E-state index contributed by atoms with van der Waals surface area (Å²) in [6.07, 6.45) is 2.22. The summed E-state index contributed by atoms with van der Waals surface area (Å²) in [7, 11) is 1.45. The minimum absolute atomic E-state index is 0.0460. The number of amides is 2. The number of aromatic hydroxyl groups is 1. The molecule has 5 nitrogen and oxygen atoms in total. The summed E-state index contributed by atoms with van der Waals surface area (Å²) < 4.78 is 5.03. The molecular formula is C15H17NO4S. The Hall–Kier alpha value is -1.95. The average Bonchev–Trinajstić information content (AvgIpc) is 2.75. The van der Waals surface area contributed by atoms with Crippen LogP contribution in [0.3, 0.4) is 0 Å². The van der Waals surface area contributed by atoms with Crippen molar-refractivity contribution >= 4 is 29.0 Å². The molecular weight excluding hydrogens is 290 g/mol.